The Kier molecular flexibility index (Phi) is 10.3. The molecule has 6 aliphatic heterocycles. The molecule has 9 rings (SSSR count). The van der Waals surface area contributed by atoms with E-state index in [2.05, 4.69) is 48.8 Å². The van der Waals surface area contributed by atoms with Gasteiger partial charge in [-0.3, -0.25) is 39.1 Å². The first-order chi connectivity index (χ1) is 28.5. The molecule has 0 aromatic heterocycles. The van der Waals surface area contributed by atoms with Gasteiger partial charge in [0.15, 0.2) is 0 Å². The molecule has 6 heterocycles. The highest BCUT2D eigenvalue weighted by molar-refractivity contribution is 6.33. The molecule has 59 heavy (non-hydrogen) atoms. The van der Waals surface area contributed by atoms with Gasteiger partial charge in [0.05, 0.1) is 17.7 Å². The lowest BCUT2D eigenvalue weighted by atomic mass is 9.76. The number of halogens is 1. The number of anilines is 3. The third kappa shape index (κ3) is 7.31. The zero-order chi connectivity index (χ0) is 41.0. The van der Waals surface area contributed by atoms with Gasteiger partial charge < -0.3 is 19.6 Å². The molecule has 5 fully saturated rings. The molecular formula is C45H49ClN8O5. The van der Waals surface area contributed by atoms with Gasteiger partial charge in [-0.1, -0.05) is 17.7 Å². The lowest BCUT2D eigenvalue weighted by Crippen LogP contribution is -2.54. The number of benzene rings is 3. The first kappa shape index (κ1) is 39.0. The van der Waals surface area contributed by atoms with Crippen LogP contribution in [0.4, 0.5) is 22.7 Å². The summed E-state index contributed by atoms with van der Waals surface area (Å²) in [5, 5.41) is 2.74. The third-order valence-corrected chi connectivity index (χ3v) is 14.1. The minimum Gasteiger partial charge on any atom is -0.371 e. The quantitative estimate of drug-likeness (QED) is 0.250. The average molecular weight is 817 g/mol. The maximum atomic E-state index is 13.6. The second-order valence-electron chi connectivity index (χ2n) is 17.2. The Morgan fingerprint density at radius 1 is 0.780 bits per heavy atom. The molecule has 14 heteroatoms. The second-order valence-corrected chi connectivity index (χ2v) is 17.6. The van der Waals surface area contributed by atoms with Gasteiger partial charge >= 0.3 is 0 Å². The fourth-order valence-corrected chi connectivity index (χ4v) is 10.7. The first-order valence-corrected chi connectivity index (χ1v) is 21.3. The number of fused-ring (bicyclic) bond motifs is 1. The van der Waals surface area contributed by atoms with E-state index in [1.165, 1.54) is 0 Å². The molecule has 1 N–H and O–H groups in total. The Morgan fingerprint density at radius 3 is 2.12 bits per heavy atom. The fraction of sp³-hybridized carbons (Fsp3) is 0.467. The van der Waals surface area contributed by atoms with Gasteiger partial charge in [0.2, 0.25) is 17.5 Å². The molecule has 306 valence electrons. The third-order valence-electron chi connectivity index (χ3n) is 13.8. The largest absolute Gasteiger partial charge is 0.371 e. The standard InChI is InChI=1S/C45H49ClN8O5/c1-29-27-45(28-53(29)34-8-10-38(47-2)37(46)26-34)15-19-52(20-16-45)42(57)30-3-5-31(6-4-30)50-21-23-51(24-22-50)32-13-17-49(18-14-32)33-7-9-35-36(25-33)44(59)54(43(35)58)39-11-12-40(55)48-41(39)56/h3-10,25-26,29,32,39H,11-24,27-28H2,1H3,(H,48,55,56). The number of piperidine rings is 3. The van der Waals surface area contributed by atoms with Crippen LogP contribution in [0.3, 0.4) is 0 Å². The van der Waals surface area contributed by atoms with Crippen LogP contribution in [0.5, 0.6) is 0 Å². The van der Waals surface area contributed by atoms with E-state index in [4.69, 9.17) is 18.2 Å². The van der Waals surface area contributed by atoms with Crippen molar-refractivity contribution in [3.8, 4) is 0 Å². The maximum Gasteiger partial charge on any atom is 0.262 e. The van der Waals surface area contributed by atoms with E-state index >= 15 is 0 Å². The van der Waals surface area contributed by atoms with Gasteiger partial charge in [0.25, 0.3) is 17.7 Å². The van der Waals surface area contributed by atoms with Crippen molar-refractivity contribution in [1.29, 1.82) is 0 Å². The Hall–Kier alpha value is -5.45. The molecule has 1 spiro atoms. The summed E-state index contributed by atoms with van der Waals surface area (Å²) in [5.74, 6) is -1.86. The van der Waals surface area contributed by atoms with Crippen LogP contribution < -0.4 is 20.0 Å². The van der Waals surface area contributed by atoms with Gasteiger partial charge in [-0.2, -0.15) is 0 Å². The highest BCUT2D eigenvalue weighted by Gasteiger charge is 2.46. The Morgan fingerprint density at radius 2 is 1.44 bits per heavy atom. The molecule has 13 nitrogen and oxygen atoms in total. The number of piperazine rings is 1. The minimum atomic E-state index is -0.971. The minimum absolute atomic E-state index is 0.0940. The number of imide groups is 2. The Bertz CT molecular complexity index is 2230. The zero-order valence-electron chi connectivity index (χ0n) is 33.4. The van der Waals surface area contributed by atoms with E-state index in [0.29, 0.717) is 33.9 Å². The molecule has 0 radical (unpaired) electrons. The van der Waals surface area contributed by atoms with Crippen LogP contribution in [0, 0.1) is 12.0 Å². The van der Waals surface area contributed by atoms with Gasteiger partial charge in [0, 0.05) is 105 Å². The monoisotopic (exact) mass is 816 g/mol. The summed E-state index contributed by atoms with van der Waals surface area (Å²) >= 11 is 6.38. The van der Waals surface area contributed by atoms with Crippen molar-refractivity contribution in [3.63, 3.8) is 0 Å². The predicted octanol–water partition coefficient (Wildman–Crippen LogP) is 5.60. The SMILES string of the molecule is [C-]#[N+]c1ccc(N2CC3(CCN(C(=O)c4ccc(N5CCN(C6CCN(c7ccc8c(c7)C(=O)N(C7CCC(=O)NC7=O)C8=O)CC6)CC5)cc4)CC3)CC2C)cc1Cl. The number of rotatable bonds is 6. The van der Waals surface area contributed by atoms with Crippen LogP contribution in [0.15, 0.2) is 60.7 Å². The average Bonchev–Trinajstić information content (AvgIpc) is 3.71. The molecular weight excluding hydrogens is 768 g/mol. The number of nitrogens with zero attached hydrogens (tertiary/aromatic N) is 7. The van der Waals surface area contributed by atoms with Crippen LogP contribution in [0.25, 0.3) is 4.85 Å². The summed E-state index contributed by atoms with van der Waals surface area (Å²) in [4.78, 5) is 80.5. The number of nitrogens with one attached hydrogen (secondary N) is 1. The molecule has 2 unspecified atom stereocenters. The lowest BCUT2D eigenvalue weighted by Gasteiger charge is -2.44. The van der Waals surface area contributed by atoms with E-state index < -0.39 is 23.8 Å². The van der Waals surface area contributed by atoms with Crippen LogP contribution >= 0.6 is 11.6 Å². The van der Waals surface area contributed by atoms with E-state index in [0.717, 1.165) is 119 Å². The number of hydrogen-bond donors (Lipinski definition) is 1. The summed E-state index contributed by atoms with van der Waals surface area (Å²) < 4.78 is 0. The number of carbonyl (C=O) groups is 5. The molecule has 6 aliphatic rings. The van der Waals surface area contributed by atoms with E-state index in [1.54, 1.807) is 18.2 Å². The number of likely N-dealkylation sites (tertiary alicyclic amines) is 1. The number of carbonyl (C=O) groups excluding carboxylic acids is 5. The molecule has 5 saturated heterocycles. The second kappa shape index (κ2) is 15.6. The van der Waals surface area contributed by atoms with E-state index in [-0.39, 0.29) is 30.1 Å². The van der Waals surface area contributed by atoms with E-state index in [9.17, 15) is 24.0 Å². The smallest absolute Gasteiger partial charge is 0.262 e. The molecule has 0 aliphatic carbocycles. The van der Waals surface area contributed by atoms with Crippen LogP contribution in [0.2, 0.25) is 5.02 Å². The van der Waals surface area contributed by atoms with Crippen LogP contribution in [-0.4, -0.2) is 121 Å². The van der Waals surface area contributed by atoms with E-state index in [1.807, 2.05) is 35.2 Å². The van der Waals surface area contributed by atoms with Crippen molar-refractivity contribution < 1.29 is 24.0 Å². The van der Waals surface area contributed by atoms with Gasteiger partial charge in [-0.15, -0.1) is 0 Å². The molecule has 5 amide bonds. The summed E-state index contributed by atoms with van der Waals surface area (Å²) in [6.45, 7) is 17.4. The molecule has 2 atom stereocenters. The van der Waals surface area contributed by atoms with Crippen LogP contribution in [-0.2, 0) is 9.59 Å². The van der Waals surface area contributed by atoms with Crippen molar-refractivity contribution in [1.82, 2.24) is 20.0 Å². The van der Waals surface area contributed by atoms with Gasteiger partial charge in [-0.05, 0) is 105 Å². The number of amides is 5. The summed E-state index contributed by atoms with van der Waals surface area (Å²) in [5.41, 5.74) is 5.09. The molecule has 0 saturated carbocycles. The fourth-order valence-electron chi connectivity index (χ4n) is 10.5. The summed E-state index contributed by atoms with van der Waals surface area (Å²) in [7, 11) is 0. The molecule has 3 aromatic carbocycles. The van der Waals surface area contributed by atoms with Crippen molar-refractivity contribution >= 4 is 63.9 Å². The Labute approximate surface area is 349 Å². The molecule has 3 aromatic rings. The van der Waals surface area contributed by atoms with Crippen LogP contribution in [0.1, 0.15) is 82.9 Å². The predicted molar refractivity (Wildman–Crippen MR) is 225 cm³/mol. The first-order valence-electron chi connectivity index (χ1n) is 20.9. The van der Waals surface area contributed by atoms with Gasteiger partial charge in [-0.25, -0.2) is 4.85 Å². The van der Waals surface area contributed by atoms with Crippen molar-refractivity contribution in [2.45, 2.75) is 70.0 Å². The highest BCUT2D eigenvalue weighted by Crippen LogP contribution is 2.46. The maximum absolute atomic E-state index is 13.6. The lowest BCUT2D eigenvalue weighted by molar-refractivity contribution is -0.136. The summed E-state index contributed by atoms with van der Waals surface area (Å²) in [6.07, 6.45) is 5.24. The Balaban J connectivity index is 0.736. The highest BCUT2D eigenvalue weighted by atomic mass is 35.5. The number of hydrogen-bond acceptors (Lipinski definition) is 9. The van der Waals surface area contributed by atoms with Gasteiger partial charge in [0.1, 0.15) is 6.04 Å². The van der Waals surface area contributed by atoms with Crippen molar-refractivity contribution in [2.24, 2.45) is 5.41 Å². The van der Waals surface area contributed by atoms with Crippen molar-refractivity contribution in [3.05, 3.63) is 93.8 Å². The topological polar surface area (TPSA) is 121 Å². The normalized spacial score (nSPS) is 23.8. The van der Waals surface area contributed by atoms with Crippen molar-refractivity contribution in [2.75, 3.05) is 73.6 Å². The summed E-state index contributed by atoms with van der Waals surface area (Å²) in [6, 6.07) is 19.1. The molecule has 0 bridgehead atoms. The zero-order valence-corrected chi connectivity index (χ0v) is 34.1.